The van der Waals surface area contributed by atoms with Gasteiger partial charge in [0.15, 0.2) is 0 Å². The van der Waals surface area contributed by atoms with Gasteiger partial charge >= 0.3 is 0 Å². The van der Waals surface area contributed by atoms with Crippen molar-refractivity contribution in [3.63, 3.8) is 0 Å². The van der Waals surface area contributed by atoms with E-state index in [4.69, 9.17) is 20.8 Å². The minimum Gasteiger partial charge on any atom is -0.459 e. The van der Waals surface area contributed by atoms with Gasteiger partial charge in [-0.1, -0.05) is 11.6 Å². The first kappa shape index (κ1) is 15.8. The van der Waals surface area contributed by atoms with Gasteiger partial charge in [-0.15, -0.1) is 0 Å². The van der Waals surface area contributed by atoms with Gasteiger partial charge in [0.1, 0.15) is 11.3 Å². The highest BCUT2D eigenvalue weighted by Gasteiger charge is 2.34. The van der Waals surface area contributed by atoms with Crippen LogP contribution >= 0.6 is 11.6 Å². The molecule has 1 aromatic carbocycles. The van der Waals surface area contributed by atoms with Gasteiger partial charge in [0.05, 0.1) is 12.6 Å². The van der Waals surface area contributed by atoms with Crippen LogP contribution in [0, 0.1) is 5.41 Å². The van der Waals surface area contributed by atoms with Gasteiger partial charge in [0.25, 0.3) is 0 Å². The molecule has 2 aromatic rings. The van der Waals surface area contributed by atoms with Crippen LogP contribution in [0.2, 0.25) is 5.02 Å². The van der Waals surface area contributed by atoms with E-state index in [1.165, 1.54) is 0 Å². The first-order valence-electron chi connectivity index (χ1n) is 7.73. The van der Waals surface area contributed by atoms with Gasteiger partial charge in [0.2, 0.25) is 0 Å². The molecule has 2 unspecified atom stereocenters. The fourth-order valence-electron chi connectivity index (χ4n) is 3.03. The molecule has 0 aliphatic carbocycles. The smallest absolute Gasteiger partial charge is 0.134 e. The number of hydrogen-bond acceptors (Lipinski definition) is 4. The third-order valence-electron chi connectivity index (χ3n) is 4.53. The van der Waals surface area contributed by atoms with Gasteiger partial charge in [0, 0.05) is 35.6 Å². The number of ether oxygens (including phenoxy) is 1. The molecular weight excluding hydrogens is 302 g/mol. The summed E-state index contributed by atoms with van der Waals surface area (Å²) in [6.45, 7) is 4.58. The summed E-state index contributed by atoms with van der Waals surface area (Å²) in [6.07, 6.45) is 1.76. The zero-order valence-corrected chi connectivity index (χ0v) is 13.5. The summed E-state index contributed by atoms with van der Waals surface area (Å²) < 4.78 is 11.4. The molecule has 2 heterocycles. The molecule has 2 atom stereocenters. The lowest BCUT2D eigenvalue weighted by Crippen LogP contribution is -2.36. The molecule has 3 rings (SSSR count). The number of rotatable bonds is 6. The fraction of sp³-hybridized carbons (Fsp3) is 0.529. The monoisotopic (exact) mass is 323 g/mol. The molecule has 1 aliphatic heterocycles. The van der Waals surface area contributed by atoms with E-state index in [0.717, 1.165) is 42.7 Å². The molecule has 0 saturated carbocycles. The molecular formula is C17H22ClNO3. The van der Waals surface area contributed by atoms with Crippen molar-refractivity contribution in [1.29, 1.82) is 0 Å². The fourth-order valence-corrected chi connectivity index (χ4v) is 3.21. The van der Waals surface area contributed by atoms with Gasteiger partial charge in [-0.05, 0) is 44.0 Å². The Morgan fingerprint density at radius 3 is 3.00 bits per heavy atom. The SMILES string of the molecule is CC(NCC1(CCO)CCOC1)c1cc2cc(Cl)ccc2o1. The minimum atomic E-state index is 0.0400. The molecule has 120 valence electrons. The molecule has 2 N–H and O–H groups in total. The molecule has 0 radical (unpaired) electrons. The molecule has 0 amide bonds. The van der Waals surface area contributed by atoms with E-state index in [9.17, 15) is 5.11 Å². The molecule has 0 bridgehead atoms. The molecule has 4 nitrogen and oxygen atoms in total. The summed E-state index contributed by atoms with van der Waals surface area (Å²) in [4.78, 5) is 0. The Labute approximate surface area is 135 Å². The van der Waals surface area contributed by atoms with Crippen LogP contribution in [0.25, 0.3) is 11.0 Å². The lowest BCUT2D eigenvalue weighted by molar-refractivity contribution is 0.122. The molecule has 22 heavy (non-hydrogen) atoms. The van der Waals surface area contributed by atoms with Crippen molar-refractivity contribution < 1.29 is 14.3 Å². The van der Waals surface area contributed by atoms with Gasteiger partial charge in [-0.3, -0.25) is 0 Å². The highest BCUT2D eigenvalue weighted by Crippen LogP contribution is 2.33. The molecule has 1 aromatic heterocycles. The number of furan rings is 1. The Morgan fingerprint density at radius 1 is 1.41 bits per heavy atom. The molecule has 1 aliphatic rings. The van der Waals surface area contributed by atoms with Crippen molar-refractivity contribution in [3.8, 4) is 0 Å². The topological polar surface area (TPSA) is 54.6 Å². The Balaban J connectivity index is 1.68. The number of benzene rings is 1. The Bertz CT molecular complexity index is 634. The summed E-state index contributed by atoms with van der Waals surface area (Å²) in [5, 5.41) is 14.5. The van der Waals surface area contributed by atoms with E-state index in [-0.39, 0.29) is 18.1 Å². The van der Waals surface area contributed by atoms with Crippen molar-refractivity contribution in [2.75, 3.05) is 26.4 Å². The second-order valence-electron chi connectivity index (χ2n) is 6.21. The van der Waals surface area contributed by atoms with E-state index < -0.39 is 0 Å². The third kappa shape index (κ3) is 3.30. The van der Waals surface area contributed by atoms with E-state index in [1.54, 1.807) is 0 Å². The van der Waals surface area contributed by atoms with Crippen LogP contribution < -0.4 is 5.32 Å². The Morgan fingerprint density at radius 2 is 2.27 bits per heavy atom. The zero-order chi connectivity index (χ0) is 15.6. The summed E-state index contributed by atoms with van der Waals surface area (Å²) >= 11 is 6.01. The quantitative estimate of drug-likeness (QED) is 0.854. The number of fused-ring (bicyclic) bond motifs is 1. The first-order chi connectivity index (χ1) is 10.6. The van der Waals surface area contributed by atoms with Crippen LogP contribution in [0.3, 0.4) is 0 Å². The third-order valence-corrected chi connectivity index (χ3v) is 4.77. The van der Waals surface area contributed by atoms with Crippen LogP contribution in [0.15, 0.2) is 28.7 Å². The second-order valence-corrected chi connectivity index (χ2v) is 6.65. The Kier molecular flexibility index (Phi) is 4.73. The lowest BCUT2D eigenvalue weighted by atomic mass is 9.84. The van der Waals surface area contributed by atoms with Crippen LogP contribution in [-0.2, 0) is 4.74 Å². The summed E-state index contributed by atoms with van der Waals surface area (Å²) in [6, 6.07) is 7.77. The maximum absolute atomic E-state index is 9.28. The Hall–Kier alpha value is -1.07. The van der Waals surface area contributed by atoms with E-state index >= 15 is 0 Å². The van der Waals surface area contributed by atoms with Crippen molar-refractivity contribution in [2.24, 2.45) is 5.41 Å². The average molecular weight is 324 g/mol. The van der Waals surface area contributed by atoms with Crippen molar-refractivity contribution in [3.05, 3.63) is 35.0 Å². The van der Waals surface area contributed by atoms with Crippen molar-refractivity contribution in [1.82, 2.24) is 5.32 Å². The van der Waals surface area contributed by atoms with Crippen molar-refractivity contribution in [2.45, 2.75) is 25.8 Å². The van der Waals surface area contributed by atoms with Crippen LogP contribution in [0.5, 0.6) is 0 Å². The highest BCUT2D eigenvalue weighted by molar-refractivity contribution is 6.31. The number of hydrogen-bond donors (Lipinski definition) is 2. The molecule has 1 saturated heterocycles. The predicted octanol–water partition coefficient (Wildman–Crippen LogP) is 3.53. The summed E-state index contributed by atoms with van der Waals surface area (Å²) in [5.74, 6) is 0.898. The van der Waals surface area contributed by atoms with E-state index in [0.29, 0.717) is 11.6 Å². The second kappa shape index (κ2) is 6.59. The van der Waals surface area contributed by atoms with Crippen LogP contribution in [0.4, 0.5) is 0 Å². The summed E-state index contributed by atoms with van der Waals surface area (Å²) in [5.41, 5.74) is 0.889. The molecule has 0 spiro atoms. The van der Waals surface area contributed by atoms with Crippen molar-refractivity contribution >= 4 is 22.6 Å². The van der Waals surface area contributed by atoms with E-state index in [2.05, 4.69) is 12.2 Å². The maximum atomic E-state index is 9.28. The predicted molar refractivity (Wildman–Crippen MR) is 87.2 cm³/mol. The first-order valence-corrected chi connectivity index (χ1v) is 8.11. The number of halogens is 1. The standard InChI is InChI=1S/C17H22ClNO3/c1-12(19-10-17(4-6-20)5-7-21-11-17)16-9-13-8-14(18)2-3-15(13)22-16/h2-3,8-9,12,19-20H,4-7,10-11H2,1H3. The van der Waals surface area contributed by atoms with Crippen LogP contribution in [0.1, 0.15) is 31.6 Å². The number of aliphatic hydroxyl groups is 1. The molecule has 5 heteroatoms. The van der Waals surface area contributed by atoms with E-state index in [1.807, 2.05) is 24.3 Å². The van der Waals surface area contributed by atoms with Gasteiger partial charge in [-0.2, -0.15) is 0 Å². The minimum absolute atomic E-state index is 0.0400. The molecule has 1 fully saturated rings. The summed E-state index contributed by atoms with van der Waals surface area (Å²) in [7, 11) is 0. The van der Waals surface area contributed by atoms with Gasteiger partial charge in [-0.25, -0.2) is 0 Å². The largest absolute Gasteiger partial charge is 0.459 e. The lowest BCUT2D eigenvalue weighted by Gasteiger charge is -2.28. The number of nitrogens with one attached hydrogen (secondary N) is 1. The number of aliphatic hydroxyl groups excluding tert-OH is 1. The zero-order valence-electron chi connectivity index (χ0n) is 12.8. The van der Waals surface area contributed by atoms with Crippen LogP contribution in [-0.4, -0.2) is 31.5 Å². The highest BCUT2D eigenvalue weighted by atomic mass is 35.5. The average Bonchev–Trinajstić information content (AvgIpc) is 3.12. The normalized spacial score (nSPS) is 23.2. The van der Waals surface area contributed by atoms with Gasteiger partial charge < -0.3 is 19.6 Å². The maximum Gasteiger partial charge on any atom is 0.134 e.